The number of alkyl halides is 3. The first-order valence-corrected chi connectivity index (χ1v) is 11.7. The van der Waals surface area contributed by atoms with Gasteiger partial charge in [0.1, 0.15) is 5.76 Å². The Morgan fingerprint density at radius 3 is 2.48 bits per heavy atom. The molecule has 2 aliphatic rings. The number of methoxy groups -OCH3 is 1. The highest BCUT2D eigenvalue weighted by Crippen LogP contribution is 2.47. The number of allylic oxidation sites excluding steroid dienone is 1. The molecule has 0 heterocycles. The highest BCUT2D eigenvalue weighted by molar-refractivity contribution is 7.87. The van der Waals surface area contributed by atoms with Gasteiger partial charge in [0, 0.05) is 5.56 Å². The Bertz CT molecular complexity index is 993. The maximum atomic E-state index is 13.2. The fourth-order valence-electron chi connectivity index (χ4n) is 4.66. The predicted octanol–water partition coefficient (Wildman–Crippen LogP) is 5.60. The van der Waals surface area contributed by atoms with Crippen LogP contribution >= 0.6 is 0 Å². The Kier molecular flexibility index (Phi) is 6.47. The molecule has 0 aromatic heterocycles. The number of halogens is 3. The zero-order valence-corrected chi connectivity index (χ0v) is 18.7. The van der Waals surface area contributed by atoms with Crippen LogP contribution in [0.1, 0.15) is 73.9 Å². The first-order valence-electron chi connectivity index (χ1n) is 10.3. The lowest BCUT2D eigenvalue weighted by molar-refractivity contribution is -0.0510. The summed E-state index contributed by atoms with van der Waals surface area (Å²) in [6.07, 6.45) is 4.97. The van der Waals surface area contributed by atoms with Crippen LogP contribution in [0, 0.1) is 11.3 Å². The summed E-state index contributed by atoms with van der Waals surface area (Å²) < 4.78 is 73.0. The lowest BCUT2D eigenvalue weighted by atomic mass is 9.69. The average molecular weight is 461 g/mol. The maximum Gasteiger partial charge on any atom is 0.534 e. The minimum Gasteiger partial charge on any atom is -0.465 e. The number of hydrogen-bond acceptors (Lipinski definition) is 5. The van der Waals surface area contributed by atoms with E-state index in [2.05, 4.69) is 13.8 Å². The van der Waals surface area contributed by atoms with E-state index in [1.807, 2.05) is 0 Å². The maximum absolute atomic E-state index is 13.2. The van der Waals surface area contributed by atoms with Crippen molar-refractivity contribution in [2.24, 2.45) is 11.3 Å². The molecule has 0 saturated heterocycles. The molecule has 1 fully saturated rings. The minimum absolute atomic E-state index is 0.00774. The molecule has 1 saturated carbocycles. The van der Waals surface area contributed by atoms with E-state index in [9.17, 15) is 26.4 Å². The molecule has 172 valence electrons. The van der Waals surface area contributed by atoms with Crippen molar-refractivity contribution >= 4 is 21.8 Å². The Balaban J connectivity index is 2.16. The zero-order chi connectivity index (χ0) is 23.0. The minimum atomic E-state index is -5.84. The number of carbonyl (C=O) groups excluding carboxylic acids is 1. The van der Waals surface area contributed by atoms with Gasteiger partial charge in [-0.15, -0.1) is 0 Å². The van der Waals surface area contributed by atoms with Crippen molar-refractivity contribution in [3.05, 3.63) is 40.5 Å². The third-order valence-corrected chi connectivity index (χ3v) is 7.08. The van der Waals surface area contributed by atoms with E-state index in [4.69, 9.17) is 8.92 Å². The van der Waals surface area contributed by atoms with Gasteiger partial charge in [-0.1, -0.05) is 26.3 Å². The Labute approximate surface area is 180 Å². The van der Waals surface area contributed by atoms with Gasteiger partial charge in [0.25, 0.3) is 0 Å². The molecule has 31 heavy (non-hydrogen) atoms. The van der Waals surface area contributed by atoms with Crippen LogP contribution in [-0.2, 0) is 25.5 Å². The molecule has 0 radical (unpaired) electrons. The summed E-state index contributed by atoms with van der Waals surface area (Å²) in [5, 5.41) is 0. The molecule has 0 bridgehead atoms. The van der Waals surface area contributed by atoms with Gasteiger partial charge in [0.2, 0.25) is 0 Å². The van der Waals surface area contributed by atoms with Gasteiger partial charge in [-0.2, -0.15) is 21.6 Å². The number of hydrogen-bond donors (Lipinski definition) is 0. The average Bonchev–Trinajstić information content (AvgIpc) is 2.84. The second-order valence-electron chi connectivity index (χ2n) is 9.01. The van der Waals surface area contributed by atoms with Crippen molar-refractivity contribution in [3.63, 3.8) is 0 Å². The summed E-state index contributed by atoms with van der Waals surface area (Å²) in [5.74, 6) is -0.868. The van der Waals surface area contributed by atoms with E-state index >= 15 is 0 Å². The quantitative estimate of drug-likeness (QED) is 0.332. The molecule has 1 atom stereocenters. The Hall–Kier alpha value is -2.03. The second kappa shape index (κ2) is 8.48. The molecular formula is C22H27F3O5S. The van der Waals surface area contributed by atoms with Crippen LogP contribution in [0.4, 0.5) is 13.2 Å². The van der Waals surface area contributed by atoms with Crippen LogP contribution in [0.5, 0.6) is 0 Å². The SMILES string of the molecule is COC(=O)c1ccc2c(c1)CCCC(C1CCCC(C)(C)C1)=C2OS(=O)(=O)C(F)(F)F. The Morgan fingerprint density at radius 2 is 1.87 bits per heavy atom. The highest BCUT2D eigenvalue weighted by atomic mass is 32.2. The van der Waals surface area contributed by atoms with Gasteiger partial charge in [0.15, 0.2) is 0 Å². The second-order valence-corrected chi connectivity index (χ2v) is 10.5. The number of esters is 1. The van der Waals surface area contributed by atoms with E-state index in [1.54, 1.807) is 6.07 Å². The van der Waals surface area contributed by atoms with Gasteiger partial charge in [-0.25, -0.2) is 4.79 Å². The summed E-state index contributed by atoms with van der Waals surface area (Å²) in [5.41, 5.74) is -3.80. The van der Waals surface area contributed by atoms with Crippen molar-refractivity contribution in [1.29, 1.82) is 0 Å². The number of fused-ring (bicyclic) bond motifs is 1. The smallest absolute Gasteiger partial charge is 0.465 e. The van der Waals surface area contributed by atoms with Crippen molar-refractivity contribution in [2.75, 3.05) is 7.11 Å². The van der Waals surface area contributed by atoms with Crippen molar-refractivity contribution < 1.29 is 35.3 Å². The van der Waals surface area contributed by atoms with Crippen LogP contribution in [0.25, 0.3) is 5.76 Å². The lowest BCUT2D eigenvalue weighted by Crippen LogP contribution is -2.27. The molecule has 0 aliphatic heterocycles. The normalized spacial score (nSPS) is 21.8. The number of rotatable bonds is 4. The number of benzene rings is 1. The fourth-order valence-corrected chi connectivity index (χ4v) is 5.17. The van der Waals surface area contributed by atoms with Gasteiger partial charge >= 0.3 is 21.6 Å². The summed E-state index contributed by atoms with van der Waals surface area (Å²) in [7, 11) is -4.60. The summed E-state index contributed by atoms with van der Waals surface area (Å²) >= 11 is 0. The molecule has 2 aliphatic carbocycles. The van der Waals surface area contributed by atoms with Crippen LogP contribution in [0.15, 0.2) is 23.8 Å². The van der Waals surface area contributed by atoms with E-state index in [0.29, 0.717) is 30.4 Å². The predicted molar refractivity (Wildman–Crippen MR) is 109 cm³/mol. The largest absolute Gasteiger partial charge is 0.534 e. The number of carbonyl (C=O) groups is 1. The molecular weight excluding hydrogens is 433 g/mol. The topological polar surface area (TPSA) is 69.7 Å². The molecule has 5 nitrogen and oxygen atoms in total. The molecule has 1 aromatic rings. The van der Waals surface area contributed by atoms with Crippen molar-refractivity contribution in [1.82, 2.24) is 0 Å². The number of ether oxygens (including phenoxy) is 1. The summed E-state index contributed by atoms with van der Waals surface area (Å²) in [4.78, 5) is 11.9. The third kappa shape index (κ3) is 5.07. The standard InChI is InChI=1S/C22H27F3O5S/c1-21(2)11-5-7-16(13-21)17-8-4-6-14-12-15(20(26)29-3)9-10-18(14)19(17)30-31(27,28)22(23,24)25/h9-10,12,16H,4-8,11,13H2,1-3H3. The van der Waals surface area contributed by atoms with Crippen molar-refractivity contribution in [3.8, 4) is 0 Å². The first-order chi connectivity index (χ1) is 14.3. The van der Waals surface area contributed by atoms with E-state index < -0.39 is 21.6 Å². The van der Waals surface area contributed by atoms with Crippen LogP contribution in [0.3, 0.4) is 0 Å². The monoisotopic (exact) mass is 460 g/mol. The van der Waals surface area contributed by atoms with Gasteiger partial charge in [-0.05, 0) is 73.1 Å². The molecule has 1 unspecified atom stereocenters. The fraction of sp³-hybridized carbons (Fsp3) is 0.591. The molecule has 0 amide bonds. The zero-order valence-electron chi connectivity index (χ0n) is 17.8. The number of aryl methyl sites for hydroxylation is 1. The highest BCUT2D eigenvalue weighted by Gasteiger charge is 2.49. The molecule has 3 rings (SSSR count). The van der Waals surface area contributed by atoms with E-state index in [1.165, 1.54) is 19.2 Å². The van der Waals surface area contributed by atoms with Crippen LogP contribution < -0.4 is 0 Å². The van der Waals surface area contributed by atoms with Crippen molar-refractivity contribution in [2.45, 2.75) is 64.3 Å². The van der Waals surface area contributed by atoms with Gasteiger partial charge < -0.3 is 8.92 Å². The summed E-state index contributed by atoms with van der Waals surface area (Å²) in [6, 6.07) is 4.42. The molecule has 1 aromatic carbocycles. The third-order valence-electron chi connectivity index (χ3n) is 6.13. The Morgan fingerprint density at radius 1 is 1.16 bits per heavy atom. The van der Waals surface area contributed by atoms with Gasteiger partial charge in [0.05, 0.1) is 12.7 Å². The molecule has 0 spiro atoms. The molecule has 9 heteroatoms. The van der Waals surface area contributed by atoms with E-state index in [0.717, 1.165) is 25.7 Å². The van der Waals surface area contributed by atoms with E-state index in [-0.39, 0.29) is 28.2 Å². The first kappa shape index (κ1) is 23.6. The summed E-state index contributed by atoms with van der Waals surface area (Å²) in [6.45, 7) is 4.22. The van der Waals surface area contributed by atoms with Gasteiger partial charge in [-0.3, -0.25) is 0 Å². The van der Waals surface area contributed by atoms with Crippen LogP contribution in [0.2, 0.25) is 0 Å². The lowest BCUT2D eigenvalue weighted by Gasteiger charge is -2.37. The van der Waals surface area contributed by atoms with Crippen LogP contribution in [-0.4, -0.2) is 27.0 Å². The molecule has 0 N–H and O–H groups in total.